The lowest BCUT2D eigenvalue weighted by molar-refractivity contribution is 0.812. The fraction of sp³-hybridized carbons (Fsp3) is 0.176. The summed E-state index contributed by atoms with van der Waals surface area (Å²) in [6, 6.07) is 18.7. The Kier molecular flexibility index (Phi) is 4.38. The van der Waals surface area contributed by atoms with Crippen LogP contribution in [0.1, 0.15) is 11.4 Å². The molecule has 0 spiro atoms. The lowest BCUT2D eigenvalue weighted by atomic mass is 10.0. The first-order chi connectivity index (χ1) is 10.4. The highest BCUT2D eigenvalue weighted by molar-refractivity contribution is 7.14. The molecule has 0 unspecified atom stereocenters. The summed E-state index contributed by atoms with van der Waals surface area (Å²) in [5.74, 6) is 0. The van der Waals surface area contributed by atoms with E-state index in [4.69, 9.17) is 5.73 Å². The standard InChI is InChI=1S/C17H17N3S/c18-12-6-11-16-19-20-17(21-16)15-10-5-4-9-14(15)13-7-2-1-3-8-13/h1-5,7-10H,6,11-12,18H2. The molecule has 3 rings (SSSR count). The minimum absolute atomic E-state index is 0.690. The Bertz CT molecular complexity index is 707. The molecule has 4 heteroatoms. The third kappa shape index (κ3) is 3.17. The predicted octanol–water partition coefficient (Wildman–Crippen LogP) is 3.76. The number of hydrogen-bond acceptors (Lipinski definition) is 4. The monoisotopic (exact) mass is 295 g/mol. The summed E-state index contributed by atoms with van der Waals surface area (Å²) in [6.45, 7) is 0.690. The van der Waals surface area contributed by atoms with Crippen LogP contribution in [0.3, 0.4) is 0 Å². The third-order valence-electron chi connectivity index (χ3n) is 3.30. The Labute approximate surface area is 128 Å². The molecule has 0 aliphatic rings. The van der Waals surface area contributed by atoms with Gasteiger partial charge >= 0.3 is 0 Å². The second-order valence-corrected chi connectivity index (χ2v) is 5.87. The summed E-state index contributed by atoms with van der Waals surface area (Å²) in [5.41, 5.74) is 9.08. The van der Waals surface area contributed by atoms with Gasteiger partial charge in [0.2, 0.25) is 0 Å². The van der Waals surface area contributed by atoms with Crippen molar-refractivity contribution in [1.29, 1.82) is 0 Å². The molecule has 3 aromatic rings. The summed E-state index contributed by atoms with van der Waals surface area (Å²) in [7, 11) is 0. The lowest BCUT2D eigenvalue weighted by Gasteiger charge is -2.06. The number of hydrogen-bond donors (Lipinski definition) is 1. The molecule has 0 saturated carbocycles. The van der Waals surface area contributed by atoms with Crippen molar-refractivity contribution in [2.24, 2.45) is 5.73 Å². The van der Waals surface area contributed by atoms with Crippen LogP contribution in [0.15, 0.2) is 54.6 Å². The average Bonchev–Trinajstić information content (AvgIpc) is 3.02. The normalized spacial score (nSPS) is 10.7. The molecule has 21 heavy (non-hydrogen) atoms. The van der Waals surface area contributed by atoms with Gasteiger partial charge in [-0.1, -0.05) is 65.9 Å². The van der Waals surface area contributed by atoms with E-state index < -0.39 is 0 Å². The van der Waals surface area contributed by atoms with Crippen LogP contribution >= 0.6 is 11.3 Å². The molecule has 1 aromatic heterocycles. The zero-order valence-electron chi connectivity index (χ0n) is 11.7. The summed E-state index contributed by atoms with van der Waals surface area (Å²) in [5, 5.41) is 10.7. The molecule has 0 amide bonds. The Morgan fingerprint density at radius 1 is 0.857 bits per heavy atom. The van der Waals surface area contributed by atoms with Crippen LogP contribution in [0.5, 0.6) is 0 Å². The zero-order valence-corrected chi connectivity index (χ0v) is 12.5. The van der Waals surface area contributed by atoms with Gasteiger partial charge in [0.05, 0.1) is 0 Å². The number of aryl methyl sites for hydroxylation is 1. The van der Waals surface area contributed by atoms with E-state index in [0.29, 0.717) is 6.54 Å². The fourth-order valence-electron chi connectivity index (χ4n) is 2.26. The molecular weight excluding hydrogens is 278 g/mol. The van der Waals surface area contributed by atoms with Crippen molar-refractivity contribution in [3.05, 3.63) is 59.6 Å². The zero-order chi connectivity index (χ0) is 14.5. The van der Waals surface area contributed by atoms with Gasteiger partial charge < -0.3 is 5.73 Å². The second kappa shape index (κ2) is 6.61. The summed E-state index contributed by atoms with van der Waals surface area (Å²) >= 11 is 1.66. The van der Waals surface area contributed by atoms with E-state index in [2.05, 4.69) is 52.7 Å². The van der Waals surface area contributed by atoms with E-state index in [-0.39, 0.29) is 0 Å². The molecule has 0 atom stereocenters. The van der Waals surface area contributed by atoms with Crippen molar-refractivity contribution < 1.29 is 0 Å². The van der Waals surface area contributed by atoms with Crippen molar-refractivity contribution in [3.63, 3.8) is 0 Å². The Balaban J connectivity index is 1.97. The van der Waals surface area contributed by atoms with Crippen molar-refractivity contribution in [2.75, 3.05) is 6.54 Å². The maximum Gasteiger partial charge on any atom is 0.148 e. The maximum atomic E-state index is 5.55. The molecule has 106 valence electrons. The van der Waals surface area contributed by atoms with Gasteiger partial charge in [-0.3, -0.25) is 0 Å². The number of rotatable bonds is 5. The van der Waals surface area contributed by atoms with Crippen LogP contribution in [-0.4, -0.2) is 16.7 Å². The van der Waals surface area contributed by atoms with E-state index >= 15 is 0 Å². The van der Waals surface area contributed by atoms with Crippen LogP contribution in [-0.2, 0) is 6.42 Å². The minimum Gasteiger partial charge on any atom is -0.330 e. The van der Waals surface area contributed by atoms with Gasteiger partial charge in [0.25, 0.3) is 0 Å². The van der Waals surface area contributed by atoms with E-state index in [9.17, 15) is 0 Å². The van der Waals surface area contributed by atoms with E-state index in [0.717, 1.165) is 28.4 Å². The van der Waals surface area contributed by atoms with E-state index in [1.54, 1.807) is 11.3 Å². The average molecular weight is 295 g/mol. The van der Waals surface area contributed by atoms with Crippen LogP contribution in [0.4, 0.5) is 0 Å². The first kappa shape index (κ1) is 13.9. The molecular formula is C17H17N3S. The third-order valence-corrected chi connectivity index (χ3v) is 4.32. The van der Waals surface area contributed by atoms with Crippen molar-refractivity contribution >= 4 is 11.3 Å². The fourth-order valence-corrected chi connectivity index (χ4v) is 3.18. The lowest BCUT2D eigenvalue weighted by Crippen LogP contribution is -1.99. The highest BCUT2D eigenvalue weighted by Gasteiger charge is 2.11. The largest absolute Gasteiger partial charge is 0.330 e. The highest BCUT2D eigenvalue weighted by atomic mass is 32.1. The molecule has 2 N–H and O–H groups in total. The minimum atomic E-state index is 0.690. The molecule has 0 fully saturated rings. The predicted molar refractivity (Wildman–Crippen MR) is 88.2 cm³/mol. The molecule has 0 aliphatic carbocycles. The van der Waals surface area contributed by atoms with Crippen molar-refractivity contribution in [3.8, 4) is 21.7 Å². The molecule has 0 radical (unpaired) electrons. The Hall–Kier alpha value is -2.04. The van der Waals surface area contributed by atoms with Gasteiger partial charge in [-0.25, -0.2) is 0 Å². The van der Waals surface area contributed by atoms with Crippen LogP contribution in [0.25, 0.3) is 21.7 Å². The SMILES string of the molecule is NCCCc1nnc(-c2ccccc2-c2ccccc2)s1. The van der Waals surface area contributed by atoms with Gasteiger partial charge in [-0.15, -0.1) is 10.2 Å². The van der Waals surface area contributed by atoms with Crippen molar-refractivity contribution in [2.45, 2.75) is 12.8 Å². The van der Waals surface area contributed by atoms with Crippen molar-refractivity contribution in [1.82, 2.24) is 10.2 Å². The Morgan fingerprint density at radius 3 is 2.33 bits per heavy atom. The smallest absolute Gasteiger partial charge is 0.148 e. The molecule has 3 nitrogen and oxygen atoms in total. The number of aromatic nitrogens is 2. The number of nitrogens with zero attached hydrogens (tertiary/aromatic N) is 2. The van der Waals surface area contributed by atoms with Crippen LogP contribution < -0.4 is 5.73 Å². The molecule has 1 heterocycles. The molecule has 0 bridgehead atoms. The molecule has 0 saturated heterocycles. The van der Waals surface area contributed by atoms with Gasteiger partial charge in [-0.05, 0) is 24.1 Å². The van der Waals surface area contributed by atoms with Crippen LogP contribution in [0, 0.1) is 0 Å². The summed E-state index contributed by atoms with van der Waals surface area (Å²) in [6.07, 6.45) is 1.86. The molecule has 0 aliphatic heterocycles. The van der Waals surface area contributed by atoms with Gasteiger partial charge in [-0.2, -0.15) is 0 Å². The quantitative estimate of drug-likeness (QED) is 0.779. The van der Waals surface area contributed by atoms with Crippen LogP contribution in [0.2, 0.25) is 0 Å². The number of nitrogens with two attached hydrogens (primary N) is 1. The first-order valence-electron chi connectivity index (χ1n) is 7.06. The molecule has 2 aromatic carbocycles. The second-order valence-electron chi connectivity index (χ2n) is 4.80. The maximum absolute atomic E-state index is 5.55. The van der Waals surface area contributed by atoms with Gasteiger partial charge in [0.1, 0.15) is 10.0 Å². The highest BCUT2D eigenvalue weighted by Crippen LogP contribution is 2.33. The summed E-state index contributed by atoms with van der Waals surface area (Å²) < 4.78 is 0. The first-order valence-corrected chi connectivity index (χ1v) is 7.87. The Morgan fingerprint density at radius 2 is 1.57 bits per heavy atom. The van der Waals surface area contributed by atoms with E-state index in [1.165, 1.54) is 11.1 Å². The van der Waals surface area contributed by atoms with Gasteiger partial charge in [0, 0.05) is 12.0 Å². The van der Waals surface area contributed by atoms with E-state index in [1.807, 2.05) is 12.1 Å². The van der Waals surface area contributed by atoms with Gasteiger partial charge in [0.15, 0.2) is 0 Å². The summed E-state index contributed by atoms with van der Waals surface area (Å²) in [4.78, 5) is 0. The number of benzene rings is 2. The topological polar surface area (TPSA) is 51.8 Å².